The van der Waals surface area contributed by atoms with Crippen LogP contribution in [0.15, 0.2) is 64.6 Å². The van der Waals surface area contributed by atoms with E-state index in [1.54, 1.807) is 0 Å². The molecule has 4 N–H and O–H groups in total. The molecule has 11 nitrogen and oxygen atoms in total. The number of benzene rings is 2. The fraction of sp³-hybridized carbons (Fsp3) is 0.517. The molecule has 0 radical (unpaired) electrons. The number of nitrogens with zero attached hydrogens (tertiary/aromatic N) is 2. The Labute approximate surface area is 240 Å². The second-order valence-electron chi connectivity index (χ2n) is 11.1. The number of nitrogens with one attached hydrogen (secondary N) is 1. The SMILES string of the molecule is CC(C)CN(C(C1CO[C@H]2OCCC[C@@H]12)[C@H](O)[C@H](Cc1ccccc1)NC(=O)O)S(=O)(=O)c1ccc(C=NO)cc1. The Bertz CT molecular complexity index is 1270. The van der Waals surface area contributed by atoms with Gasteiger partial charge in [-0.1, -0.05) is 61.5 Å². The Morgan fingerprint density at radius 2 is 1.85 bits per heavy atom. The first-order chi connectivity index (χ1) is 19.6. The van der Waals surface area contributed by atoms with Crippen LogP contribution >= 0.6 is 0 Å². The monoisotopic (exact) mass is 589 g/mol. The highest BCUT2D eigenvalue weighted by Crippen LogP contribution is 2.41. The number of rotatable bonds is 12. The molecule has 0 bridgehead atoms. The minimum absolute atomic E-state index is 0.00611. The molecule has 2 fully saturated rings. The van der Waals surface area contributed by atoms with Crippen LogP contribution in [0.2, 0.25) is 0 Å². The largest absolute Gasteiger partial charge is 0.465 e. The summed E-state index contributed by atoms with van der Waals surface area (Å²) in [4.78, 5) is 11.9. The number of aliphatic hydroxyl groups is 1. The first-order valence-electron chi connectivity index (χ1n) is 13.9. The molecule has 0 aromatic heterocycles. The Balaban J connectivity index is 1.80. The van der Waals surface area contributed by atoms with Crippen molar-refractivity contribution in [3.05, 3.63) is 65.7 Å². The van der Waals surface area contributed by atoms with Gasteiger partial charge in [0.05, 0.1) is 35.9 Å². The highest BCUT2D eigenvalue weighted by atomic mass is 32.2. The summed E-state index contributed by atoms with van der Waals surface area (Å²) < 4.78 is 41.8. The highest BCUT2D eigenvalue weighted by molar-refractivity contribution is 7.89. The molecule has 0 aliphatic carbocycles. The summed E-state index contributed by atoms with van der Waals surface area (Å²) in [6.07, 6.45) is -0.370. The van der Waals surface area contributed by atoms with E-state index in [2.05, 4.69) is 10.5 Å². The number of hydrogen-bond donors (Lipinski definition) is 4. The molecule has 2 saturated heterocycles. The van der Waals surface area contributed by atoms with Gasteiger partial charge in [-0.3, -0.25) is 0 Å². The highest BCUT2D eigenvalue weighted by Gasteiger charge is 2.51. The quantitative estimate of drug-likeness (QED) is 0.167. The number of fused-ring (bicyclic) bond motifs is 1. The van der Waals surface area contributed by atoms with E-state index in [4.69, 9.17) is 14.7 Å². The molecule has 2 unspecified atom stereocenters. The summed E-state index contributed by atoms with van der Waals surface area (Å²) in [7, 11) is -4.19. The number of amides is 1. The molecule has 2 heterocycles. The second kappa shape index (κ2) is 13.8. The number of carbonyl (C=O) groups is 1. The number of carboxylic acid groups (broad SMARTS) is 1. The molecule has 0 spiro atoms. The zero-order valence-corrected chi connectivity index (χ0v) is 24.1. The summed E-state index contributed by atoms with van der Waals surface area (Å²) in [5, 5.41) is 36.1. The van der Waals surface area contributed by atoms with Gasteiger partial charge in [-0.05, 0) is 48.4 Å². The number of oxime groups is 1. The van der Waals surface area contributed by atoms with E-state index in [9.17, 15) is 23.4 Å². The smallest absolute Gasteiger partial charge is 0.404 e. The number of aliphatic hydroxyl groups excluding tert-OH is 1. The summed E-state index contributed by atoms with van der Waals surface area (Å²) in [5.74, 6) is -0.724. The predicted octanol–water partition coefficient (Wildman–Crippen LogP) is 3.15. The van der Waals surface area contributed by atoms with Crippen LogP contribution in [-0.4, -0.2) is 84.7 Å². The molecule has 6 atom stereocenters. The molecule has 2 aromatic rings. The Kier molecular flexibility index (Phi) is 10.4. The van der Waals surface area contributed by atoms with Crippen LogP contribution in [0.25, 0.3) is 0 Å². The van der Waals surface area contributed by atoms with Gasteiger partial charge in [-0.25, -0.2) is 13.2 Å². The van der Waals surface area contributed by atoms with E-state index < -0.39 is 46.5 Å². The number of ether oxygens (including phenoxy) is 2. The van der Waals surface area contributed by atoms with Crippen molar-refractivity contribution in [2.45, 2.75) is 62.5 Å². The van der Waals surface area contributed by atoms with Gasteiger partial charge in [0.15, 0.2) is 6.29 Å². The van der Waals surface area contributed by atoms with Gasteiger partial charge >= 0.3 is 6.09 Å². The van der Waals surface area contributed by atoms with Gasteiger partial charge in [0.1, 0.15) is 0 Å². The van der Waals surface area contributed by atoms with Crippen LogP contribution in [0.4, 0.5) is 4.79 Å². The van der Waals surface area contributed by atoms with Crippen molar-refractivity contribution in [2.24, 2.45) is 22.9 Å². The molecule has 2 aromatic carbocycles. The van der Waals surface area contributed by atoms with Gasteiger partial charge < -0.3 is 30.2 Å². The summed E-state index contributed by atoms with van der Waals surface area (Å²) >= 11 is 0. The van der Waals surface area contributed by atoms with Crippen LogP contribution in [0, 0.1) is 17.8 Å². The van der Waals surface area contributed by atoms with Crippen LogP contribution < -0.4 is 5.32 Å². The lowest BCUT2D eigenvalue weighted by Crippen LogP contribution is -2.60. The normalized spacial score (nSPS) is 23.4. The predicted molar refractivity (Wildman–Crippen MR) is 151 cm³/mol. The van der Waals surface area contributed by atoms with Crippen molar-refractivity contribution < 1.29 is 38.1 Å². The average molecular weight is 590 g/mol. The minimum atomic E-state index is -4.19. The average Bonchev–Trinajstić information content (AvgIpc) is 3.37. The van der Waals surface area contributed by atoms with Crippen LogP contribution in [0.3, 0.4) is 0 Å². The Hall–Kier alpha value is -3.03. The summed E-state index contributed by atoms with van der Waals surface area (Å²) in [6, 6.07) is 13.1. The third-order valence-electron chi connectivity index (χ3n) is 7.70. The minimum Gasteiger partial charge on any atom is -0.465 e. The van der Waals surface area contributed by atoms with Crippen molar-refractivity contribution in [1.82, 2.24) is 9.62 Å². The second-order valence-corrected chi connectivity index (χ2v) is 12.9. The van der Waals surface area contributed by atoms with Crippen LogP contribution in [0.5, 0.6) is 0 Å². The van der Waals surface area contributed by atoms with Crippen molar-refractivity contribution in [2.75, 3.05) is 19.8 Å². The lowest BCUT2D eigenvalue weighted by Gasteiger charge is -2.43. The molecule has 12 heteroatoms. The van der Waals surface area contributed by atoms with E-state index in [1.807, 2.05) is 44.2 Å². The van der Waals surface area contributed by atoms with Crippen LogP contribution in [-0.2, 0) is 25.9 Å². The molecular formula is C29H39N3O8S. The van der Waals surface area contributed by atoms with Crippen molar-refractivity contribution in [3.8, 4) is 0 Å². The van der Waals surface area contributed by atoms with Crippen molar-refractivity contribution in [3.63, 3.8) is 0 Å². The maximum atomic E-state index is 14.3. The number of hydrogen-bond acceptors (Lipinski definition) is 8. The standard InChI is InChI=1S/C29H39N3O8S/c1-19(2)17-32(41(37,38)22-12-10-21(11-13-22)16-30-36)26(24-18-40-28-23(24)9-6-14-39-28)27(33)25(31-29(34)35)15-20-7-4-3-5-8-20/h3-5,7-8,10-13,16,19,23-28,31,33,36H,6,9,14-15,17-18H2,1-2H3,(H,34,35)/t23-,24?,25-,26?,27+,28+/m0/s1. The van der Waals surface area contributed by atoms with E-state index >= 15 is 0 Å². The van der Waals surface area contributed by atoms with Gasteiger partial charge in [0.2, 0.25) is 10.0 Å². The zero-order valence-electron chi connectivity index (χ0n) is 23.2. The van der Waals surface area contributed by atoms with Gasteiger partial charge in [0, 0.05) is 25.0 Å². The molecule has 4 rings (SSSR count). The van der Waals surface area contributed by atoms with E-state index in [1.165, 1.54) is 34.8 Å². The zero-order chi connectivity index (χ0) is 29.6. The first-order valence-corrected chi connectivity index (χ1v) is 15.3. The van der Waals surface area contributed by atoms with Crippen molar-refractivity contribution >= 4 is 22.3 Å². The van der Waals surface area contributed by atoms with E-state index in [0.717, 1.165) is 18.4 Å². The molecule has 2 aliphatic heterocycles. The topological polar surface area (TPSA) is 158 Å². The van der Waals surface area contributed by atoms with E-state index in [0.29, 0.717) is 12.2 Å². The first kappa shape index (κ1) is 30.9. The van der Waals surface area contributed by atoms with Gasteiger partial charge in [-0.2, -0.15) is 4.31 Å². The summed E-state index contributed by atoms with van der Waals surface area (Å²) in [5.41, 5.74) is 1.31. The fourth-order valence-electron chi connectivity index (χ4n) is 5.87. The lowest BCUT2D eigenvalue weighted by atomic mass is 9.79. The number of sulfonamides is 1. The molecule has 1 amide bonds. The van der Waals surface area contributed by atoms with Crippen LogP contribution in [0.1, 0.15) is 37.8 Å². The molecule has 2 aliphatic rings. The molecular weight excluding hydrogens is 550 g/mol. The molecule has 224 valence electrons. The Morgan fingerprint density at radius 3 is 2.49 bits per heavy atom. The maximum Gasteiger partial charge on any atom is 0.404 e. The summed E-state index contributed by atoms with van der Waals surface area (Å²) in [6.45, 7) is 4.57. The third-order valence-corrected chi connectivity index (χ3v) is 9.57. The van der Waals surface area contributed by atoms with Gasteiger partial charge in [-0.15, -0.1) is 0 Å². The Morgan fingerprint density at radius 1 is 1.15 bits per heavy atom. The lowest BCUT2D eigenvalue weighted by molar-refractivity contribution is -0.152. The third kappa shape index (κ3) is 7.44. The molecule has 41 heavy (non-hydrogen) atoms. The van der Waals surface area contributed by atoms with Gasteiger partial charge in [0.25, 0.3) is 0 Å². The maximum absolute atomic E-state index is 14.3. The van der Waals surface area contributed by atoms with Crippen molar-refractivity contribution in [1.29, 1.82) is 0 Å². The fourth-order valence-corrected chi connectivity index (χ4v) is 7.72. The van der Waals surface area contributed by atoms with E-state index in [-0.39, 0.29) is 36.3 Å². The molecule has 0 saturated carbocycles.